The van der Waals surface area contributed by atoms with Crippen LogP contribution in [-0.2, 0) is 33.9 Å². The normalized spacial score (nSPS) is 12.8. The van der Waals surface area contributed by atoms with Crippen molar-refractivity contribution < 1.29 is 19.0 Å². The Labute approximate surface area is 318 Å². The van der Waals surface area contributed by atoms with Crippen LogP contribution in [0.2, 0.25) is 0 Å². The van der Waals surface area contributed by atoms with E-state index in [2.05, 4.69) is 56.1 Å². The van der Waals surface area contributed by atoms with Crippen molar-refractivity contribution in [2.75, 3.05) is 13.1 Å². The number of nitrogens with zero attached hydrogens (tertiary/aromatic N) is 4. The SMILES string of the molecule is CCCCCCCCCCn1c[n+](CCCCCCCCCC)cc1C[C@H](NC(=O)[C@@H](N)CCCN=C(N)N)C(=O)N[C@@H](CCCN=C(N)N)C(N)=O. The number of guanidine groups is 2. The van der Waals surface area contributed by atoms with Gasteiger partial charge in [0, 0.05) is 19.5 Å². The number of rotatable bonds is 33. The summed E-state index contributed by atoms with van der Waals surface area (Å²) >= 11 is 0. The molecule has 53 heavy (non-hydrogen) atoms. The van der Waals surface area contributed by atoms with Crippen molar-refractivity contribution >= 4 is 29.6 Å². The second-order valence-corrected chi connectivity index (χ2v) is 14.3. The van der Waals surface area contributed by atoms with Crippen molar-refractivity contribution in [2.45, 2.75) is 180 Å². The molecule has 15 heteroatoms. The van der Waals surface area contributed by atoms with Crippen LogP contribution in [0.1, 0.15) is 148 Å². The van der Waals surface area contributed by atoms with Gasteiger partial charge >= 0.3 is 0 Å². The highest BCUT2D eigenvalue weighted by Crippen LogP contribution is 2.13. The number of unbranched alkanes of at least 4 members (excludes halogenated alkanes) is 14. The molecular formula is C38H75N12O3+. The molecule has 0 saturated carbocycles. The topological polar surface area (TPSA) is 265 Å². The molecule has 1 heterocycles. The molecule has 0 aliphatic heterocycles. The summed E-state index contributed by atoms with van der Waals surface area (Å²) in [5.74, 6) is -1.78. The lowest BCUT2D eigenvalue weighted by Gasteiger charge is -2.23. The molecule has 14 N–H and O–H groups in total. The Hall–Kier alpha value is -3.88. The van der Waals surface area contributed by atoms with Gasteiger partial charge in [-0.3, -0.25) is 24.4 Å². The first-order valence-electron chi connectivity index (χ1n) is 20.3. The third kappa shape index (κ3) is 23.4. The molecule has 3 atom stereocenters. The van der Waals surface area contributed by atoms with Crippen LogP contribution < -0.4 is 49.6 Å². The molecule has 1 aromatic heterocycles. The smallest absolute Gasteiger partial charge is 0.243 e. The summed E-state index contributed by atoms with van der Waals surface area (Å²) in [4.78, 5) is 47.5. The molecular weight excluding hydrogens is 672 g/mol. The van der Waals surface area contributed by atoms with Gasteiger partial charge in [0.25, 0.3) is 0 Å². The van der Waals surface area contributed by atoms with E-state index in [4.69, 9.17) is 34.4 Å². The van der Waals surface area contributed by atoms with E-state index < -0.39 is 35.8 Å². The second kappa shape index (κ2) is 29.6. The Morgan fingerprint density at radius 2 is 1.15 bits per heavy atom. The number of hydrogen-bond acceptors (Lipinski definition) is 6. The summed E-state index contributed by atoms with van der Waals surface area (Å²) in [6.07, 6.45) is 25.4. The number of nitrogens with one attached hydrogen (secondary N) is 2. The lowest BCUT2D eigenvalue weighted by atomic mass is 10.1. The zero-order chi connectivity index (χ0) is 39.3. The van der Waals surface area contributed by atoms with Gasteiger partial charge in [0.15, 0.2) is 11.9 Å². The summed E-state index contributed by atoms with van der Waals surface area (Å²) < 4.78 is 4.39. The molecule has 3 amide bonds. The first-order chi connectivity index (χ1) is 25.5. The van der Waals surface area contributed by atoms with Crippen LogP contribution >= 0.6 is 0 Å². The van der Waals surface area contributed by atoms with E-state index in [1.807, 2.05) is 0 Å². The molecule has 0 saturated heterocycles. The standard InChI is InChI=1S/C38H74N12O3/c1-3-5-7-9-11-13-15-17-25-49-28-30(50(29-49)26-18-16-14-12-10-8-6-4-2)27-33(48-35(52)31(39)21-19-23-45-37(41)42)36(53)47-32(34(40)51)22-20-24-46-38(43)44/h28-29,31-33H,3-27,39H2,1-2H3,(H11-,40,41,42,43,44,45,46,47,48,51,52,53)/p+1/t31-,32-,33-/m0/s1. The minimum absolute atomic E-state index is 0.0308. The third-order valence-corrected chi connectivity index (χ3v) is 9.45. The molecule has 0 unspecified atom stereocenters. The van der Waals surface area contributed by atoms with Crippen LogP contribution in [-0.4, -0.2) is 65.4 Å². The molecule has 0 bridgehead atoms. The van der Waals surface area contributed by atoms with Crippen LogP contribution in [0.4, 0.5) is 0 Å². The summed E-state index contributed by atoms with van der Waals surface area (Å²) in [6, 6.07) is -2.86. The second-order valence-electron chi connectivity index (χ2n) is 14.3. The Morgan fingerprint density at radius 1 is 0.660 bits per heavy atom. The maximum atomic E-state index is 13.9. The van der Waals surface area contributed by atoms with Crippen molar-refractivity contribution in [3.05, 3.63) is 18.2 Å². The molecule has 15 nitrogen and oxygen atoms in total. The number of primary amides is 1. The van der Waals surface area contributed by atoms with Gasteiger partial charge in [0.2, 0.25) is 24.0 Å². The van der Waals surface area contributed by atoms with Crippen molar-refractivity contribution in [2.24, 2.45) is 44.4 Å². The first kappa shape index (κ1) is 47.1. The summed E-state index contributed by atoms with van der Waals surface area (Å²) in [6.45, 7) is 6.75. The maximum Gasteiger partial charge on any atom is 0.243 e. The molecule has 304 valence electrons. The number of aliphatic imine (C=N–C) groups is 2. The Bertz CT molecular complexity index is 1210. The van der Waals surface area contributed by atoms with Crippen LogP contribution in [0, 0.1) is 0 Å². The summed E-state index contributed by atoms with van der Waals surface area (Å²) in [5, 5.41) is 5.63. The van der Waals surface area contributed by atoms with E-state index in [1.165, 1.54) is 77.0 Å². The van der Waals surface area contributed by atoms with Crippen LogP contribution in [0.3, 0.4) is 0 Å². The molecule has 0 aliphatic rings. The highest BCUT2D eigenvalue weighted by molar-refractivity contribution is 5.92. The number of carbonyl (C=O) groups excluding carboxylic acids is 3. The van der Waals surface area contributed by atoms with Crippen LogP contribution in [0.15, 0.2) is 22.5 Å². The van der Waals surface area contributed by atoms with Crippen LogP contribution in [0.25, 0.3) is 0 Å². The van der Waals surface area contributed by atoms with E-state index >= 15 is 0 Å². The zero-order valence-electron chi connectivity index (χ0n) is 33.0. The number of carbonyl (C=O) groups is 3. The molecule has 0 aliphatic carbocycles. The van der Waals surface area contributed by atoms with Gasteiger partial charge in [0.1, 0.15) is 24.0 Å². The van der Waals surface area contributed by atoms with Crippen molar-refractivity contribution in [3.8, 4) is 0 Å². The summed E-state index contributed by atoms with van der Waals surface area (Å²) in [7, 11) is 0. The molecule has 0 aromatic carbocycles. The summed E-state index contributed by atoms with van der Waals surface area (Å²) in [5.41, 5.74) is 34.5. The lowest BCUT2D eigenvalue weighted by molar-refractivity contribution is -0.697. The van der Waals surface area contributed by atoms with Gasteiger partial charge in [-0.25, -0.2) is 9.13 Å². The van der Waals surface area contributed by atoms with E-state index in [0.717, 1.165) is 44.5 Å². The van der Waals surface area contributed by atoms with Gasteiger partial charge in [-0.2, -0.15) is 0 Å². The van der Waals surface area contributed by atoms with E-state index in [-0.39, 0.29) is 31.3 Å². The quantitative estimate of drug-likeness (QED) is 0.0229. The first-order valence-corrected chi connectivity index (χ1v) is 20.3. The monoisotopic (exact) mass is 748 g/mol. The largest absolute Gasteiger partial charge is 0.370 e. The van der Waals surface area contributed by atoms with Gasteiger partial charge in [0.05, 0.1) is 19.1 Å². The Kier molecular flexibility index (Phi) is 26.3. The fourth-order valence-corrected chi connectivity index (χ4v) is 6.30. The number of imidazole rings is 1. The molecule has 1 aromatic rings. The number of nitrogens with two attached hydrogens (primary N) is 6. The number of hydrogen-bond donors (Lipinski definition) is 8. The lowest BCUT2D eigenvalue weighted by Crippen LogP contribution is -2.56. The molecule has 0 fully saturated rings. The minimum atomic E-state index is -1.00. The molecule has 0 spiro atoms. The predicted octanol–water partition coefficient (Wildman–Crippen LogP) is 2.49. The molecule has 0 radical (unpaired) electrons. The van der Waals surface area contributed by atoms with E-state index in [1.54, 1.807) is 0 Å². The fourth-order valence-electron chi connectivity index (χ4n) is 6.30. The average molecular weight is 748 g/mol. The van der Waals surface area contributed by atoms with Crippen molar-refractivity contribution in [3.63, 3.8) is 0 Å². The van der Waals surface area contributed by atoms with Gasteiger partial charge in [-0.1, -0.05) is 90.9 Å². The number of amides is 3. The van der Waals surface area contributed by atoms with Gasteiger partial charge in [-0.05, 0) is 51.4 Å². The van der Waals surface area contributed by atoms with Crippen molar-refractivity contribution in [1.82, 2.24) is 15.2 Å². The predicted molar refractivity (Wildman–Crippen MR) is 214 cm³/mol. The van der Waals surface area contributed by atoms with Crippen LogP contribution in [0.5, 0.6) is 0 Å². The minimum Gasteiger partial charge on any atom is -0.370 e. The average Bonchev–Trinajstić information content (AvgIpc) is 3.50. The highest BCUT2D eigenvalue weighted by Gasteiger charge is 2.30. The van der Waals surface area contributed by atoms with E-state index in [9.17, 15) is 14.4 Å². The zero-order valence-corrected chi connectivity index (χ0v) is 33.0. The number of aryl methyl sites for hydroxylation is 2. The molecule has 1 rings (SSSR count). The highest BCUT2D eigenvalue weighted by atomic mass is 16.2. The third-order valence-electron chi connectivity index (χ3n) is 9.45. The number of aromatic nitrogens is 2. The Morgan fingerprint density at radius 3 is 1.68 bits per heavy atom. The maximum absolute atomic E-state index is 13.9. The fraction of sp³-hybridized carbons (Fsp3) is 0.789. The van der Waals surface area contributed by atoms with E-state index in [0.29, 0.717) is 25.8 Å². The van der Waals surface area contributed by atoms with Gasteiger partial charge < -0.3 is 45.0 Å². The van der Waals surface area contributed by atoms with Gasteiger partial charge in [-0.15, -0.1) is 0 Å². The van der Waals surface area contributed by atoms with Crippen molar-refractivity contribution in [1.29, 1.82) is 0 Å². The Balaban J connectivity index is 3.16.